The van der Waals surface area contributed by atoms with Gasteiger partial charge in [0.2, 0.25) is 5.88 Å². The Labute approximate surface area is 130 Å². The van der Waals surface area contributed by atoms with E-state index >= 15 is 0 Å². The van der Waals surface area contributed by atoms with Crippen LogP contribution in [0.2, 0.25) is 5.02 Å². The lowest BCUT2D eigenvalue weighted by Crippen LogP contribution is -2.21. The predicted octanol–water partition coefficient (Wildman–Crippen LogP) is 3.40. The molecule has 22 heavy (non-hydrogen) atoms. The summed E-state index contributed by atoms with van der Waals surface area (Å²) in [6.45, 7) is 0. The standard InChI is InChI=1S/C16H10ClFN2O2/c17-12-5-10-14(6-13(12)21)22-16(20)11(7-19)15(10)8-1-3-9(18)4-2-8/h1-6,15,21H,20H2. The number of allylic oxidation sites excluding steroid dienone is 1. The van der Waals surface area contributed by atoms with Gasteiger partial charge in [0.25, 0.3) is 0 Å². The van der Waals surface area contributed by atoms with Gasteiger partial charge in [-0.1, -0.05) is 23.7 Å². The van der Waals surface area contributed by atoms with Crippen LogP contribution in [-0.2, 0) is 0 Å². The Morgan fingerprint density at radius 2 is 1.95 bits per heavy atom. The van der Waals surface area contributed by atoms with E-state index in [9.17, 15) is 14.8 Å². The molecule has 1 aliphatic heterocycles. The zero-order valence-electron chi connectivity index (χ0n) is 11.2. The third kappa shape index (κ3) is 2.24. The van der Waals surface area contributed by atoms with Crippen LogP contribution in [0.3, 0.4) is 0 Å². The van der Waals surface area contributed by atoms with E-state index in [0.717, 1.165) is 0 Å². The summed E-state index contributed by atoms with van der Waals surface area (Å²) in [4.78, 5) is 0. The fraction of sp³-hybridized carbons (Fsp3) is 0.0625. The minimum Gasteiger partial charge on any atom is -0.506 e. The first kappa shape index (κ1) is 14.2. The molecule has 6 heteroatoms. The van der Waals surface area contributed by atoms with Crippen LogP contribution in [0.1, 0.15) is 17.0 Å². The van der Waals surface area contributed by atoms with Crippen LogP contribution in [0.25, 0.3) is 0 Å². The lowest BCUT2D eigenvalue weighted by Gasteiger charge is -2.26. The fourth-order valence-electron chi connectivity index (χ4n) is 2.46. The van der Waals surface area contributed by atoms with Crippen molar-refractivity contribution in [2.45, 2.75) is 5.92 Å². The summed E-state index contributed by atoms with van der Waals surface area (Å²) in [5, 5.41) is 19.2. The highest BCUT2D eigenvalue weighted by Crippen LogP contribution is 2.45. The zero-order chi connectivity index (χ0) is 15.9. The fourth-order valence-corrected chi connectivity index (χ4v) is 2.64. The van der Waals surface area contributed by atoms with Crippen molar-refractivity contribution >= 4 is 11.6 Å². The molecule has 2 aromatic carbocycles. The number of aromatic hydroxyl groups is 1. The number of hydrogen-bond donors (Lipinski definition) is 2. The Hall–Kier alpha value is -2.71. The minimum atomic E-state index is -0.535. The van der Waals surface area contributed by atoms with Crippen LogP contribution in [0.15, 0.2) is 47.9 Å². The molecule has 0 spiro atoms. The number of nitriles is 1. The second-order valence-electron chi connectivity index (χ2n) is 4.82. The lowest BCUT2D eigenvalue weighted by molar-refractivity contribution is 0.388. The van der Waals surface area contributed by atoms with E-state index in [1.807, 2.05) is 6.07 Å². The second-order valence-corrected chi connectivity index (χ2v) is 5.23. The number of ether oxygens (including phenoxy) is 1. The van der Waals surface area contributed by atoms with Crippen molar-refractivity contribution < 1.29 is 14.2 Å². The Balaban J connectivity index is 2.24. The second kappa shape index (κ2) is 5.24. The van der Waals surface area contributed by atoms with Gasteiger partial charge in [0.15, 0.2) is 0 Å². The van der Waals surface area contributed by atoms with E-state index in [1.54, 1.807) is 12.1 Å². The van der Waals surface area contributed by atoms with Crippen molar-refractivity contribution in [3.63, 3.8) is 0 Å². The summed E-state index contributed by atoms with van der Waals surface area (Å²) in [6.07, 6.45) is 0. The molecule has 0 saturated heterocycles. The van der Waals surface area contributed by atoms with Gasteiger partial charge in [-0.05, 0) is 23.8 Å². The number of rotatable bonds is 1. The van der Waals surface area contributed by atoms with E-state index in [1.165, 1.54) is 24.3 Å². The molecule has 3 N–H and O–H groups in total. The van der Waals surface area contributed by atoms with E-state index in [4.69, 9.17) is 22.1 Å². The summed E-state index contributed by atoms with van der Waals surface area (Å²) < 4.78 is 18.5. The third-order valence-electron chi connectivity index (χ3n) is 3.49. The molecule has 0 fully saturated rings. The van der Waals surface area contributed by atoms with Gasteiger partial charge in [0.1, 0.15) is 29.0 Å². The smallest absolute Gasteiger partial charge is 0.205 e. The number of halogens is 2. The third-order valence-corrected chi connectivity index (χ3v) is 3.79. The lowest BCUT2D eigenvalue weighted by atomic mass is 9.83. The summed E-state index contributed by atoms with van der Waals surface area (Å²) in [5.74, 6) is -0.798. The summed E-state index contributed by atoms with van der Waals surface area (Å²) >= 11 is 5.96. The summed E-state index contributed by atoms with van der Waals surface area (Å²) in [6, 6.07) is 10.6. The molecule has 2 aromatic rings. The van der Waals surface area contributed by atoms with Gasteiger partial charge in [-0.2, -0.15) is 5.26 Å². The maximum absolute atomic E-state index is 13.1. The molecular weight excluding hydrogens is 307 g/mol. The van der Waals surface area contributed by atoms with Crippen molar-refractivity contribution in [1.29, 1.82) is 5.26 Å². The van der Waals surface area contributed by atoms with Crippen molar-refractivity contribution in [3.05, 3.63) is 69.8 Å². The van der Waals surface area contributed by atoms with E-state index in [2.05, 4.69) is 0 Å². The Morgan fingerprint density at radius 3 is 2.59 bits per heavy atom. The highest BCUT2D eigenvalue weighted by molar-refractivity contribution is 6.32. The van der Waals surface area contributed by atoms with Crippen LogP contribution in [0.4, 0.5) is 4.39 Å². The van der Waals surface area contributed by atoms with E-state index in [0.29, 0.717) is 16.9 Å². The predicted molar refractivity (Wildman–Crippen MR) is 78.8 cm³/mol. The number of phenols is 1. The van der Waals surface area contributed by atoms with Crippen molar-refractivity contribution in [3.8, 4) is 17.6 Å². The largest absolute Gasteiger partial charge is 0.506 e. The Bertz CT molecular complexity index is 825. The van der Waals surface area contributed by atoms with Crippen molar-refractivity contribution in [1.82, 2.24) is 0 Å². The number of nitrogens with zero attached hydrogens (tertiary/aromatic N) is 1. The van der Waals surface area contributed by atoms with Crippen LogP contribution in [0, 0.1) is 17.1 Å². The van der Waals surface area contributed by atoms with Gasteiger partial charge in [0.05, 0.1) is 10.9 Å². The number of hydrogen-bond acceptors (Lipinski definition) is 4. The van der Waals surface area contributed by atoms with Gasteiger partial charge in [0, 0.05) is 11.6 Å². The van der Waals surface area contributed by atoms with Gasteiger partial charge in [-0.3, -0.25) is 0 Å². The Kier molecular flexibility index (Phi) is 3.39. The maximum Gasteiger partial charge on any atom is 0.205 e. The van der Waals surface area contributed by atoms with E-state index in [-0.39, 0.29) is 28.0 Å². The number of fused-ring (bicyclic) bond motifs is 1. The number of nitrogens with two attached hydrogens (primary N) is 1. The number of phenolic OH excluding ortho intramolecular Hbond substituents is 1. The molecule has 1 heterocycles. The molecule has 3 rings (SSSR count). The molecule has 0 aromatic heterocycles. The molecule has 0 radical (unpaired) electrons. The molecule has 0 saturated carbocycles. The number of benzene rings is 2. The quantitative estimate of drug-likeness (QED) is 0.845. The van der Waals surface area contributed by atoms with Crippen LogP contribution in [-0.4, -0.2) is 5.11 Å². The summed E-state index contributed by atoms with van der Waals surface area (Å²) in [5.41, 5.74) is 7.26. The van der Waals surface area contributed by atoms with Crippen LogP contribution < -0.4 is 10.5 Å². The summed E-state index contributed by atoms with van der Waals surface area (Å²) in [7, 11) is 0. The monoisotopic (exact) mass is 316 g/mol. The first-order valence-corrected chi connectivity index (χ1v) is 6.74. The van der Waals surface area contributed by atoms with Crippen molar-refractivity contribution in [2.24, 2.45) is 5.73 Å². The molecule has 0 aliphatic carbocycles. The van der Waals surface area contributed by atoms with Crippen LogP contribution in [0.5, 0.6) is 11.5 Å². The molecule has 4 nitrogen and oxygen atoms in total. The molecule has 0 amide bonds. The highest BCUT2D eigenvalue weighted by atomic mass is 35.5. The first-order chi connectivity index (χ1) is 10.5. The zero-order valence-corrected chi connectivity index (χ0v) is 11.9. The van der Waals surface area contributed by atoms with Crippen molar-refractivity contribution in [2.75, 3.05) is 0 Å². The molecule has 1 atom stereocenters. The topological polar surface area (TPSA) is 79.3 Å². The highest BCUT2D eigenvalue weighted by Gasteiger charge is 2.31. The minimum absolute atomic E-state index is 0.0500. The molecule has 0 bridgehead atoms. The van der Waals surface area contributed by atoms with Gasteiger partial charge in [-0.25, -0.2) is 4.39 Å². The van der Waals surface area contributed by atoms with Gasteiger partial charge < -0.3 is 15.6 Å². The molecule has 110 valence electrons. The van der Waals surface area contributed by atoms with Gasteiger partial charge >= 0.3 is 0 Å². The average molecular weight is 317 g/mol. The molecular formula is C16H10ClFN2O2. The van der Waals surface area contributed by atoms with Gasteiger partial charge in [-0.15, -0.1) is 0 Å². The Morgan fingerprint density at radius 1 is 1.27 bits per heavy atom. The maximum atomic E-state index is 13.1. The molecule has 1 unspecified atom stereocenters. The first-order valence-electron chi connectivity index (χ1n) is 6.36. The normalized spacial score (nSPS) is 16.7. The molecule has 1 aliphatic rings. The van der Waals surface area contributed by atoms with E-state index < -0.39 is 5.92 Å². The van der Waals surface area contributed by atoms with Crippen LogP contribution >= 0.6 is 11.6 Å². The SMILES string of the molecule is N#CC1=C(N)Oc2cc(O)c(Cl)cc2C1c1ccc(F)cc1. The average Bonchev–Trinajstić information content (AvgIpc) is 2.49.